The zero-order valence-corrected chi connectivity index (χ0v) is 14.3. The zero-order chi connectivity index (χ0) is 16.1. The summed E-state index contributed by atoms with van der Waals surface area (Å²) in [7, 11) is 0. The molecule has 3 rings (SSSR count). The summed E-state index contributed by atoms with van der Waals surface area (Å²) in [6.45, 7) is 0.895. The molecule has 5 nitrogen and oxygen atoms in total. The predicted octanol–water partition coefficient (Wildman–Crippen LogP) is 3.06. The number of aliphatic hydroxyl groups excluding tert-OH is 1. The van der Waals surface area contributed by atoms with Crippen LogP contribution in [0.4, 0.5) is 0 Å². The maximum atomic E-state index is 12.5. The van der Waals surface area contributed by atoms with Gasteiger partial charge in [-0.15, -0.1) is 11.3 Å². The fourth-order valence-electron chi connectivity index (χ4n) is 3.66. The van der Waals surface area contributed by atoms with Gasteiger partial charge >= 0.3 is 0 Å². The molecule has 1 saturated heterocycles. The van der Waals surface area contributed by atoms with Crippen LogP contribution in [0.2, 0.25) is 0 Å². The van der Waals surface area contributed by atoms with E-state index < -0.39 is 0 Å². The summed E-state index contributed by atoms with van der Waals surface area (Å²) < 4.78 is 5.63. The number of aromatic nitrogens is 1. The third-order valence-corrected chi connectivity index (χ3v) is 5.87. The number of hydrogen-bond acceptors (Lipinski definition) is 5. The van der Waals surface area contributed by atoms with Gasteiger partial charge in [0.2, 0.25) is 0 Å². The number of rotatable bonds is 6. The lowest BCUT2D eigenvalue weighted by Crippen LogP contribution is -2.41. The van der Waals surface area contributed by atoms with Crippen molar-refractivity contribution < 1.29 is 14.6 Å². The highest BCUT2D eigenvalue weighted by Gasteiger charge is 2.27. The molecule has 2 unspecified atom stereocenters. The van der Waals surface area contributed by atoms with Gasteiger partial charge in [0.25, 0.3) is 5.91 Å². The van der Waals surface area contributed by atoms with Gasteiger partial charge in [0, 0.05) is 24.6 Å². The maximum Gasteiger partial charge on any atom is 0.270 e. The van der Waals surface area contributed by atoms with Gasteiger partial charge < -0.3 is 15.2 Å². The number of aliphatic hydroxyl groups is 1. The summed E-state index contributed by atoms with van der Waals surface area (Å²) >= 11 is 1.50. The minimum Gasteiger partial charge on any atom is -0.396 e. The molecule has 0 bridgehead atoms. The fourth-order valence-corrected chi connectivity index (χ4v) is 4.54. The normalized spacial score (nSPS) is 23.8. The number of amides is 1. The summed E-state index contributed by atoms with van der Waals surface area (Å²) in [5.74, 6) is 0.366. The zero-order valence-electron chi connectivity index (χ0n) is 13.5. The van der Waals surface area contributed by atoms with Crippen molar-refractivity contribution in [2.24, 2.45) is 5.92 Å². The Labute approximate surface area is 141 Å². The van der Waals surface area contributed by atoms with E-state index in [4.69, 9.17) is 4.74 Å². The van der Waals surface area contributed by atoms with Gasteiger partial charge in [-0.3, -0.25) is 4.79 Å². The highest BCUT2D eigenvalue weighted by molar-refractivity contribution is 7.09. The van der Waals surface area contributed by atoms with Gasteiger partial charge in [-0.1, -0.05) is 19.3 Å². The second-order valence-corrected chi connectivity index (χ2v) is 7.45. The van der Waals surface area contributed by atoms with Gasteiger partial charge in [0.15, 0.2) is 0 Å². The molecule has 2 fully saturated rings. The van der Waals surface area contributed by atoms with Crippen molar-refractivity contribution in [2.75, 3.05) is 13.2 Å². The second kappa shape index (κ2) is 8.22. The van der Waals surface area contributed by atoms with Crippen molar-refractivity contribution in [3.8, 4) is 0 Å². The summed E-state index contributed by atoms with van der Waals surface area (Å²) in [4.78, 5) is 17.0. The Kier molecular flexibility index (Phi) is 6.02. The Morgan fingerprint density at radius 3 is 2.87 bits per heavy atom. The van der Waals surface area contributed by atoms with E-state index in [0.29, 0.717) is 18.0 Å². The number of nitrogens with zero attached hydrogens (tertiary/aromatic N) is 1. The van der Waals surface area contributed by atoms with Crippen LogP contribution in [0, 0.1) is 5.92 Å². The molecule has 1 aliphatic heterocycles. The quantitative estimate of drug-likeness (QED) is 0.836. The summed E-state index contributed by atoms with van der Waals surface area (Å²) in [6.07, 6.45) is 8.76. The van der Waals surface area contributed by atoms with Crippen molar-refractivity contribution in [1.29, 1.82) is 0 Å². The maximum absolute atomic E-state index is 12.5. The topological polar surface area (TPSA) is 71.5 Å². The van der Waals surface area contributed by atoms with Gasteiger partial charge in [-0.25, -0.2) is 4.98 Å². The lowest BCUT2D eigenvalue weighted by Gasteiger charge is -2.30. The van der Waals surface area contributed by atoms with E-state index in [0.717, 1.165) is 37.3 Å². The molecule has 2 atom stereocenters. The molecular formula is C17H26N2O3S. The average molecular weight is 338 g/mol. The van der Waals surface area contributed by atoms with Crippen LogP contribution in [-0.2, 0) is 4.74 Å². The third kappa shape index (κ3) is 4.31. The molecule has 0 radical (unpaired) electrons. The van der Waals surface area contributed by atoms with Crippen LogP contribution >= 0.6 is 11.3 Å². The Balaban J connectivity index is 1.61. The molecule has 1 aromatic rings. The number of nitrogens with one attached hydrogen (secondary N) is 1. The highest BCUT2D eigenvalue weighted by atomic mass is 32.1. The van der Waals surface area contributed by atoms with E-state index in [1.165, 1.54) is 30.6 Å². The molecule has 2 aliphatic rings. The van der Waals surface area contributed by atoms with Gasteiger partial charge in [-0.2, -0.15) is 0 Å². The first-order chi connectivity index (χ1) is 11.3. The van der Waals surface area contributed by atoms with E-state index in [1.54, 1.807) is 0 Å². The summed E-state index contributed by atoms with van der Waals surface area (Å²) in [6, 6.07) is 0.0562. The van der Waals surface area contributed by atoms with E-state index in [-0.39, 0.29) is 24.7 Å². The predicted molar refractivity (Wildman–Crippen MR) is 89.6 cm³/mol. The standard InChI is InChI=1S/C17H26N2O3S/c20-9-8-13(12-5-2-1-3-6-12)18-16(21)14-11-23-17(19-14)15-7-4-10-22-15/h11-13,15,20H,1-10H2,(H,18,21). The molecule has 0 aromatic carbocycles. The SMILES string of the molecule is O=C(NC(CCO)C1CCCCC1)c1csc(C2CCCO2)n1. The van der Waals surface area contributed by atoms with Crippen LogP contribution in [0.5, 0.6) is 0 Å². The number of ether oxygens (including phenoxy) is 1. The Morgan fingerprint density at radius 1 is 1.35 bits per heavy atom. The smallest absolute Gasteiger partial charge is 0.270 e. The Morgan fingerprint density at radius 2 is 2.17 bits per heavy atom. The lowest BCUT2D eigenvalue weighted by molar-refractivity contribution is 0.0892. The van der Waals surface area contributed by atoms with Gasteiger partial charge in [0.05, 0.1) is 0 Å². The molecule has 2 N–H and O–H groups in total. The van der Waals surface area contributed by atoms with Crippen LogP contribution in [0.3, 0.4) is 0 Å². The van der Waals surface area contributed by atoms with Crippen molar-refractivity contribution in [2.45, 2.75) is 63.5 Å². The number of hydrogen-bond donors (Lipinski definition) is 2. The Bertz CT molecular complexity index is 508. The molecule has 1 amide bonds. The monoisotopic (exact) mass is 338 g/mol. The Hall–Kier alpha value is -0.980. The lowest BCUT2D eigenvalue weighted by atomic mass is 9.82. The van der Waals surface area contributed by atoms with E-state index in [2.05, 4.69) is 10.3 Å². The minimum atomic E-state index is -0.116. The molecule has 0 spiro atoms. The first-order valence-electron chi connectivity index (χ1n) is 8.76. The number of carbonyl (C=O) groups is 1. The van der Waals surface area contributed by atoms with Gasteiger partial charge in [0.1, 0.15) is 16.8 Å². The molecule has 6 heteroatoms. The molecule has 1 saturated carbocycles. The highest BCUT2D eigenvalue weighted by Crippen LogP contribution is 2.31. The van der Waals surface area contributed by atoms with Gasteiger partial charge in [-0.05, 0) is 38.0 Å². The average Bonchev–Trinajstić information content (AvgIpc) is 3.26. The summed E-state index contributed by atoms with van der Waals surface area (Å²) in [5, 5.41) is 15.2. The number of thiazole rings is 1. The molecule has 2 heterocycles. The van der Waals surface area contributed by atoms with E-state index >= 15 is 0 Å². The van der Waals surface area contributed by atoms with Crippen LogP contribution in [0.25, 0.3) is 0 Å². The largest absolute Gasteiger partial charge is 0.396 e. The van der Waals surface area contributed by atoms with Crippen LogP contribution in [0.15, 0.2) is 5.38 Å². The first kappa shape index (κ1) is 16.9. The minimum absolute atomic E-state index is 0.0562. The van der Waals surface area contributed by atoms with Crippen LogP contribution in [-0.4, -0.2) is 35.3 Å². The van der Waals surface area contributed by atoms with E-state index in [1.807, 2.05) is 5.38 Å². The van der Waals surface area contributed by atoms with Crippen LogP contribution in [0.1, 0.15) is 73.0 Å². The van der Waals surface area contributed by atoms with Crippen molar-refractivity contribution in [1.82, 2.24) is 10.3 Å². The second-order valence-electron chi connectivity index (χ2n) is 6.56. The molecular weight excluding hydrogens is 312 g/mol. The molecule has 128 valence electrons. The molecule has 1 aromatic heterocycles. The molecule has 1 aliphatic carbocycles. The van der Waals surface area contributed by atoms with E-state index in [9.17, 15) is 9.90 Å². The summed E-state index contributed by atoms with van der Waals surface area (Å²) in [5.41, 5.74) is 0.485. The molecule has 23 heavy (non-hydrogen) atoms. The van der Waals surface area contributed by atoms with Crippen molar-refractivity contribution in [3.63, 3.8) is 0 Å². The third-order valence-electron chi connectivity index (χ3n) is 4.94. The van der Waals surface area contributed by atoms with Crippen LogP contribution < -0.4 is 5.32 Å². The van der Waals surface area contributed by atoms with Crippen molar-refractivity contribution >= 4 is 17.2 Å². The first-order valence-corrected chi connectivity index (χ1v) is 9.64. The number of carbonyl (C=O) groups excluding carboxylic acids is 1. The van der Waals surface area contributed by atoms with Crippen molar-refractivity contribution in [3.05, 3.63) is 16.1 Å². The fraction of sp³-hybridized carbons (Fsp3) is 0.765.